The summed E-state index contributed by atoms with van der Waals surface area (Å²) in [6.45, 7) is 21.8. The zero-order valence-corrected chi connectivity index (χ0v) is 55.8. The van der Waals surface area contributed by atoms with Crippen LogP contribution in [0.25, 0.3) is 0 Å². The monoisotopic (exact) mass is 1220 g/mol. The minimum Gasteiger partial charge on any atom is -0.459 e. The lowest BCUT2D eigenvalue weighted by Gasteiger charge is -2.48. The average Bonchev–Trinajstić information content (AvgIpc) is 1.59. The number of hydrogen-bond donors (Lipinski definition) is 5. The first-order valence-corrected chi connectivity index (χ1v) is 34.5. The first kappa shape index (κ1) is 71.7. The molecule has 0 spiro atoms. The SMILES string of the molecule is CC[C@H]1OC(=O)[C@H](C)[C@@H](O[C@H]2C[C@@](C)(OC)[C@@H](O)[C@H](C)O2)[C@H](C)[C@@H](O[C@@H]2O[C@H](C)C[C@H](N(C)C)[C@H]2O)[C@](C)(O)C[C@@H](C)CN(C(=O)CCCCCCCCCCCC[P+](c2ccccc2)(c2ccccc2)c2cnn(C(C)C)c2)[C@H](C)[C@@H](O)[C@]1(C)O. The summed E-state index contributed by atoms with van der Waals surface area (Å²) in [5, 5.41) is 69.5. The molecule has 18 atom stereocenters. The molecule has 86 heavy (non-hydrogen) atoms. The van der Waals surface area contributed by atoms with Gasteiger partial charge in [0, 0.05) is 44.5 Å². The van der Waals surface area contributed by atoms with Crippen LogP contribution in [0.4, 0.5) is 0 Å². The largest absolute Gasteiger partial charge is 0.459 e. The van der Waals surface area contributed by atoms with Gasteiger partial charge in [0.2, 0.25) is 5.91 Å². The number of esters is 1. The van der Waals surface area contributed by atoms with Crippen molar-refractivity contribution in [2.45, 2.75) is 276 Å². The van der Waals surface area contributed by atoms with Crippen LogP contribution in [0.5, 0.6) is 0 Å². The zero-order chi connectivity index (χ0) is 63.3. The molecule has 0 saturated carbocycles. The van der Waals surface area contributed by atoms with Crippen molar-refractivity contribution in [3.63, 3.8) is 0 Å². The number of unbranched alkanes of at least 4 members (excludes halogenated alkanes) is 9. The number of hydrogen-bond acceptors (Lipinski definition) is 15. The number of rotatable bonds is 24. The highest BCUT2D eigenvalue weighted by atomic mass is 31.2. The Morgan fingerprint density at radius 3 is 1.90 bits per heavy atom. The summed E-state index contributed by atoms with van der Waals surface area (Å²) in [6, 6.07) is 21.1. The van der Waals surface area contributed by atoms with Crippen molar-refractivity contribution >= 4 is 35.1 Å². The van der Waals surface area contributed by atoms with Crippen molar-refractivity contribution in [2.75, 3.05) is 33.9 Å². The lowest BCUT2D eigenvalue weighted by molar-refractivity contribution is -0.318. The lowest BCUT2D eigenvalue weighted by Crippen LogP contribution is -2.60. The summed E-state index contributed by atoms with van der Waals surface area (Å²) >= 11 is 0. The fraction of sp³-hybridized carbons (Fsp3) is 0.750. The van der Waals surface area contributed by atoms with Crippen LogP contribution >= 0.6 is 7.26 Å². The Bertz CT molecular complexity index is 2460. The van der Waals surface area contributed by atoms with Crippen molar-refractivity contribution in [3.05, 3.63) is 73.1 Å². The quantitative estimate of drug-likeness (QED) is 0.0322. The van der Waals surface area contributed by atoms with Crippen LogP contribution in [-0.4, -0.2) is 181 Å². The van der Waals surface area contributed by atoms with E-state index in [4.69, 9.17) is 33.5 Å². The van der Waals surface area contributed by atoms with Gasteiger partial charge in [-0.25, -0.2) is 0 Å². The molecule has 3 aliphatic heterocycles. The van der Waals surface area contributed by atoms with E-state index in [1.54, 1.807) is 46.4 Å². The highest BCUT2D eigenvalue weighted by molar-refractivity contribution is 7.95. The molecule has 5 N–H and O–H groups in total. The minimum absolute atomic E-state index is 0.0723. The third kappa shape index (κ3) is 17.5. The molecule has 3 aromatic rings. The van der Waals surface area contributed by atoms with Crippen LogP contribution < -0.4 is 15.9 Å². The van der Waals surface area contributed by atoms with Gasteiger partial charge in [0.15, 0.2) is 12.6 Å². The highest BCUT2D eigenvalue weighted by Gasteiger charge is 2.54. The average molecular weight is 1220 g/mol. The zero-order valence-electron chi connectivity index (χ0n) is 54.9. The van der Waals surface area contributed by atoms with Gasteiger partial charge in [0.1, 0.15) is 53.2 Å². The summed E-state index contributed by atoms with van der Waals surface area (Å²) in [5.41, 5.74) is -4.80. The van der Waals surface area contributed by atoms with Gasteiger partial charge >= 0.3 is 5.97 Å². The van der Waals surface area contributed by atoms with Gasteiger partial charge in [-0.05, 0) is 145 Å². The van der Waals surface area contributed by atoms with Gasteiger partial charge in [0.25, 0.3) is 0 Å². The molecule has 0 unspecified atom stereocenters. The summed E-state index contributed by atoms with van der Waals surface area (Å²) in [4.78, 5) is 32.9. The molecule has 4 heterocycles. The molecule has 2 aromatic carbocycles. The number of aromatic nitrogens is 2. The number of cyclic esters (lactones) is 1. The molecule has 486 valence electrons. The minimum atomic E-state index is -2.01. The second-order valence-corrected chi connectivity index (χ2v) is 30.6. The van der Waals surface area contributed by atoms with Crippen LogP contribution in [0.3, 0.4) is 0 Å². The molecule has 0 bridgehead atoms. The molecule has 1 amide bonds. The first-order chi connectivity index (χ1) is 40.6. The summed E-state index contributed by atoms with van der Waals surface area (Å²) in [6.07, 6.45) is 6.72. The number of methoxy groups -OCH3 is 1. The van der Waals surface area contributed by atoms with E-state index in [0.717, 1.165) is 51.1 Å². The number of aliphatic hydroxyl groups is 5. The number of carbonyl (C=O) groups is 2. The predicted octanol–water partition coefficient (Wildman–Crippen LogP) is 8.86. The van der Waals surface area contributed by atoms with E-state index in [-0.39, 0.29) is 56.3 Å². The fourth-order valence-corrected chi connectivity index (χ4v) is 18.3. The van der Waals surface area contributed by atoms with E-state index in [1.807, 2.05) is 39.8 Å². The van der Waals surface area contributed by atoms with Crippen molar-refractivity contribution in [2.24, 2.45) is 17.8 Å². The Balaban J connectivity index is 1.13. The molecule has 6 rings (SSSR count). The number of ether oxygens (including phenoxy) is 6. The van der Waals surface area contributed by atoms with Crippen LogP contribution in [0.2, 0.25) is 0 Å². The third-order valence-electron chi connectivity index (χ3n) is 19.3. The molecular weight excluding hydrogens is 1110 g/mol. The van der Waals surface area contributed by atoms with Gasteiger partial charge in [-0.3, -0.25) is 14.3 Å². The third-order valence-corrected chi connectivity index (χ3v) is 23.8. The Labute approximate surface area is 516 Å². The predicted molar refractivity (Wildman–Crippen MR) is 340 cm³/mol. The fourth-order valence-electron chi connectivity index (χ4n) is 14.0. The van der Waals surface area contributed by atoms with Crippen molar-refractivity contribution < 1.29 is 63.5 Å². The maximum Gasteiger partial charge on any atom is 0.311 e. The number of amides is 1. The summed E-state index contributed by atoms with van der Waals surface area (Å²) in [7, 11) is 3.34. The Hall–Kier alpha value is -3.42. The molecule has 3 saturated heterocycles. The molecule has 0 aliphatic carbocycles. The van der Waals surface area contributed by atoms with E-state index < -0.39 is 109 Å². The lowest BCUT2D eigenvalue weighted by atomic mass is 9.77. The van der Waals surface area contributed by atoms with Gasteiger partial charge in [-0.1, -0.05) is 102 Å². The number of aliphatic hydroxyl groups excluding tert-OH is 3. The topological polar surface area (TPSA) is 215 Å². The van der Waals surface area contributed by atoms with E-state index in [2.05, 4.69) is 91.6 Å². The van der Waals surface area contributed by atoms with Crippen LogP contribution in [-0.2, 0) is 38.0 Å². The molecule has 0 radical (unpaired) electrons. The standard InChI is InChI=1S/C68H112N4O13P/c1-16-56-68(12,79)61(75)50(8)71(57(73)37-31-23-21-19-17-18-20-22-24-32-38-86(52-33-27-25-28-34-52,53-35-29-26-30-36-53)54-42-69-72(44-54)45(2)3)43-46(4)40-66(10,78)63(85-65-59(74)55(70(13)14)39-47(5)81-65)48(6)60(49(7)64(77)83-56)84-58-41-67(11,80-15)62(76)51(9)82-58/h25-30,33-36,42,44-51,55-56,58-63,65,74-76,78-79H,16-24,31-32,37-41,43H2,1-15H3/q+1/t46-,47-,48+,49-,50-,51+,55+,56-,58+,59-,60+,61-,62+,63-,65+,66-,67-,68-/m1/s1. The van der Waals surface area contributed by atoms with Gasteiger partial charge < -0.3 is 63.8 Å². The molecule has 18 heteroatoms. The molecular formula is C68H112N4O13P+. The van der Waals surface area contributed by atoms with Crippen molar-refractivity contribution in [1.29, 1.82) is 0 Å². The maximum absolute atomic E-state index is 14.7. The normalized spacial score (nSPS) is 34.7. The first-order valence-electron chi connectivity index (χ1n) is 32.5. The van der Waals surface area contributed by atoms with E-state index in [0.29, 0.717) is 12.8 Å². The molecule has 1 aromatic heterocycles. The smallest absolute Gasteiger partial charge is 0.311 e. The van der Waals surface area contributed by atoms with Crippen LogP contribution in [0, 0.1) is 17.8 Å². The van der Waals surface area contributed by atoms with Gasteiger partial charge in [0.05, 0.1) is 66.1 Å². The van der Waals surface area contributed by atoms with Crippen molar-refractivity contribution in [1.82, 2.24) is 19.6 Å². The second kappa shape index (κ2) is 32.0. The second-order valence-electron chi connectivity index (χ2n) is 27.0. The van der Waals surface area contributed by atoms with Crippen molar-refractivity contribution in [3.8, 4) is 0 Å². The number of likely N-dealkylation sites (N-methyl/N-ethyl adjacent to an activating group) is 1. The van der Waals surface area contributed by atoms with E-state index >= 15 is 0 Å². The van der Waals surface area contributed by atoms with Crippen LogP contribution in [0.1, 0.15) is 185 Å². The Morgan fingerprint density at radius 2 is 1.36 bits per heavy atom. The maximum atomic E-state index is 14.7. The van der Waals surface area contributed by atoms with E-state index in [9.17, 15) is 35.1 Å². The number of carbonyl (C=O) groups excluding carboxylic acids is 2. The van der Waals surface area contributed by atoms with Gasteiger partial charge in [-0.2, -0.15) is 5.10 Å². The molecule has 3 aliphatic rings. The summed E-state index contributed by atoms with van der Waals surface area (Å²) < 4.78 is 40.4. The number of benzene rings is 2. The Kier molecular flexibility index (Phi) is 26.7. The molecule has 3 fully saturated rings. The summed E-state index contributed by atoms with van der Waals surface area (Å²) in [5.74, 6) is -3.27. The van der Waals surface area contributed by atoms with Crippen LogP contribution in [0.15, 0.2) is 73.1 Å². The molecule has 17 nitrogen and oxygen atoms in total. The Morgan fingerprint density at radius 1 is 0.791 bits per heavy atom. The van der Waals surface area contributed by atoms with E-state index in [1.165, 1.54) is 42.8 Å². The number of nitrogens with zero attached hydrogens (tertiary/aromatic N) is 4. The van der Waals surface area contributed by atoms with Gasteiger partial charge in [-0.15, -0.1) is 0 Å². The highest BCUT2D eigenvalue weighted by Crippen LogP contribution is 2.56.